The van der Waals surface area contributed by atoms with Crippen molar-refractivity contribution >= 4 is 11.6 Å². The molecule has 0 aromatic heterocycles. The van der Waals surface area contributed by atoms with Crippen LogP contribution in [-0.4, -0.2) is 30.6 Å². The molecule has 0 amide bonds. The Balaban J connectivity index is 1.66. The molecule has 3 rings (SSSR count). The molecule has 0 atom stereocenters. The van der Waals surface area contributed by atoms with Crippen LogP contribution < -0.4 is 5.32 Å². The summed E-state index contributed by atoms with van der Waals surface area (Å²) in [6.45, 7) is 4.16. The first kappa shape index (κ1) is 14.3. The fourth-order valence-corrected chi connectivity index (χ4v) is 3.25. The van der Waals surface area contributed by atoms with Crippen LogP contribution in [0, 0.1) is 11.7 Å². The maximum Gasteiger partial charge on any atom is 0.142 e. The molecule has 2 fully saturated rings. The first-order valence-corrected chi connectivity index (χ1v) is 7.99. The van der Waals surface area contributed by atoms with Gasteiger partial charge in [-0.15, -0.1) is 0 Å². The minimum Gasteiger partial charge on any atom is -0.317 e. The van der Waals surface area contributed by atoms with E-state index in [-0.39, 0.29) is 5.82 Å². The van der Waals surface area contributed by atoms with Gasteiger partial charge in [0.1, 0.15) is 5.82 Å². The first-order valence-electron chi connectivity index (χ1n) is 7.61. The summed E-state index contributed by atoms with van der Waals surface area (Å²) in [6.07, 6.45) is 5.05. The normalized spacial score (nSPS) is 20.6. The average Bonchev–Trinajstić information content (AvgIpc) is 3.29. The topological polar surface area (TPSA) is 15.3 Å². The van der Waals surface area contributed by atoms with Gasteiger partial charge in [0, 0.05) is 19.1 Å². The molecular formula is C16H22ClFN2. The lowest BCUT2D eigenvalue weighted by atomic mass is 9.97. The van der Waals surface area contributed by atoms with Crippen LogP contribution in [0.3, 0.4) is 0 Å². The minimum atomic E-state index is -0.304. The van der Waals surface area contributed by atoms with Crippen LogP contribution >= 0.6 is 11.6 Å². The summed E-state index contributed by atoms with van der Waals surface area (Å²) in [7, 11) is 0. The third kappa shape index (κ3) is 3.51. The highest BCUT2D eigenvalue weighted by Crippen LogP contribution is 2.32. The van der Waals surface area contributed by atoms with Crippen LogP contribution in [0.15, 0.2) is 18.2 Å². The fraction of sp³-hybridized carbons (Fsp3) is 0.625. The summed E-state index contributed by atoms with van der Waals surface area (Å²) >= 11 is 6.09. The van der Waals surface area contributed by atoms with Gasteiger partial charge in [-0.25, -0.2) is 4.39 Å². The molecule has 1 saturated carbocycles. The Labute approximate surface area is 125 Å². The lowest BCUT2D eigenvalue weighted by Crippen LogP contribution is -2.37. The Morgan fingerprint density at radius 3 is 2.65 bits per heavy atom. The number of rotatable bonds is 5. The van der Waals surface area contributed by atoms with Gasteiger partial charge in [-0.2, -0.15) is 0 Å². The maximum absolute atomic E-state index is 13.5. The van der Waals surface area contributed by atoms with Crippen molar-refractivity contribution in [1.82, 2.24) is 10.2 Å². The standard InChI is InChI=1S/C16H22ClFN2/c17-16-13(2-1-3-15(16)18)11-20(14-4-5-14)10-12-6-8-19-9-7-12/h1-3,12,14,19H,4-11H2. The van der Waals surface area contributed by atoms with E-state index < -0.39 is 0 Å². The molecule has 1 aliphatic heterocycles. The highest BCUT2D eigenvalue weighted by molar-refractivity contribution is 6.31. The average molecular weight is 297 g/mol. The summed E-state index contributed by atoms with van der Waals surface area (Å²) in [5, 5.41) is 3.70. The van der Waals surface area contributed by atoms with Crippen molar-refractivity contribution in [3.8, 4) is 0 Å². The monoisotopic (exact) mass is 296 g/mol. The van der Waals surface area contributed by atoms with Crippen molar-refractivity contribution in [3.05, 3.63) is 34.6 Å². The van der Waals surface area contributed by atoms with E-state index in [2.05, 4.69) is 10.2 Å². The van der Waals surface area contributed by atoms with Crippen LogP contribution in [-0.2, 0) is 6.54 Å². The Bertz CT molecular complexity index is 456. The molecule has 1 heterocycles. The lowest BCUT2D eigenvalue weighted by Gasteiger charge is -2.30. The highest BCUT2D eigenvalue weighted by atomic mass is 35.5. The molecule has 0 unspecified atom stereocenters. The summed E-state index contributed by atoms with van der Waals surface area (Å²) in [6, 6.07) is 5.82. The van der Waals surface area contributed by atoms with Crippen LogP contribution in [0.4, 0.5) is 4.39 Å². The number of benzene rings is 1. The molecule has 1 N–H and O–H groups in total. The summed E-state index contributed by atoms with van der Waals surface area (Å²) in [5.74, 6) is 0.464. The summed E-state index contributed by atoms with van der Waals surface area (Å²) in [4.78, 5) is 2.51. The fourth-order valence-electron chi connectivity index (χ4n) is 3.07. The van der Waals surface area contributed by atoms with E-state index in [0.29, 0.717) is 11.1 Å². The van der Waals surface area contributed by atoms with E-state index in [4.69, 9.17) is 11.6 Å². The summed E-state index contributed by atoms with van der Waals surface area (Å²) in [5.41, 5.74) is 0.924. The van der Waals surface area contributed by atoms with Gasteiger partial charge >= 0.3 is 0 Å². The molecule has 2 nitrogen and oxygen atoms in total. The second-order valence-electron chi connectivity index (χ2n) is 6.07. The van der Waals surface area contributed by atoms with Crippen LogP contribution in [0.1, 0.15) is 31.2 Å². The number of hydrogen-bond donors (Lipinski definition) is 1. The number of nitrogens with zero attached hydrogens (tertiary/aromatic N) is 1. The highest BCUT2D eigenvalue weighted by Gasteiger charge is 2.31. The number of nitrogens with one attached hydrogen (secondary N) is 1. The Morgan fingerprint density at radius 2 is 1.95 bits per heavy atom. The number of hydrogen-bond acceptors (Lipinski definition) is 2. The van der Waals surface area contributed by atoms with Gasteiger partial charge in [0.25, 0.3) is 0 Å². The zero-order chi connectivity index (χ0) is 13.9. The Hall–Kier alpha value is -0.640. The predicted molar refractivity (Wildman–Crippen MR) is 80.4 cm³/mol. The smallest absolute Gasteiger partial charge is 0.142 e. The van der Waals surface area contributed by atoms with Gasteiger partial charge in [-0.3, -0.25) is 4.90 Å². The third-order valence-electron chi connectivity index (χ3n) is 4.42. The molecule has 20 heavy (non-hydrogen) atoms. The lowest BCUT2D eigenvalue weighted by molar-refractivity contribution is 0.190. The van der Waals surface area contributed by atoms with Crippen molar-refractivity contribution in [1.29, 1.82) is 0 Å². The van der Waals surface area contributed by atoms with Gasteiger partial charge in [0.05, 0.1) is 5.02 Å². The van der Waals surface area contributed by atoms with E-state index in [9.17, 15) is 4.39 Å². The first-order chi connectivity index (χ1) is 9.74. The van der Waals surface area contributed by atoms with Gasteiger partial charge < -0.3 is 5.32 Å². The zero-order valence-electron chi connectivity index (χ0n) is 11.7. The molecule has 1 aliphatic carbocycles. The molecule has 110 valence electrons. The van der Waals surface area contributed by atoms with Crippen LogP contribution in [0.5, 0.6) is 0 Å². The van der Waals surface area contributed by atoms with Gasteiger partial charge in [0.2, 0.25) is 0 Å². The van der Waals surface area contributed by atoms with Crippen molar-refractivity contribution in [2.45, 2.75) is 38.3 Å². The molecule has 0 radical (unpaired) electrons. The predicted octanol–water partition coefficient (Wildman–Crippen LogP) is 3.44. The SMILES string of the molecule is Fc1cccc(CN(CC2CCNCC2)C2CC2)c1Cl. The second kappa shape index (κ2) is 6.42. The number of piperidine rings is 1. The van der Waals surface area contributed by atoms with E-state index in [1.54, 1.807) is 6.07 Å². The Morgan fingerprint density at radius 1 is 1.20 bits per heavy atom. The van der Waals surface area contributed by atoms with Crippen molar-refractivity contribution in [3.63, 3.8) is 0 Å². The van der Waals surface area contributed by atoms with Crippen LogP contribution in [0.25, 0.3) is 0 Å². The largest absolute Gasteiger partial charge is 0.317 e. The summed E-state index contributed by atoms with van der Waals surface area (Å²) < 4.78 is 13.5. The van der Waals surface area contributed by atoms with Crippen LogP contribution in [0.2, 0.25) is 5.02 Å². The molecule has 1 aromatic rings. The van der Waals surface area contributed by atoms with Crippen molar-refractivity contribution in [2.75, 3.05) is 19.6 Å². The molecule has 0 spiro atoms. The zero-order valence-corrected chi connectivity index (χ0v) is 12.5. The molecular weight excluding hydrogens is 275 g/mol. The van der Waals surface area contributed by atoms with Gasteiger partial charge in [-0.05, 0) is 56.3 Å². The Kier molecular flexibility index (Phi) is 4.59. The molecule has 4 heteroatoms. The van der Waals surface area contributed by atoms with Crippen molar-refractivity contribution in [2.24, 2.45) is 5.92 Å². The molecule has 0 bridgehead atoms. The van der Waals surface area contributed by atoms with E-state index in [0.717, 1.165) is 37.7 Å². The molecule has 2 aliphatic rings. The van der Waals surface area contributed by atoms with E-state index in [1.807, 2.05) is 6.07 Å². The minimum absolute atomic E-state index is 0.295. The molecule has 1 aromatic carbocycles. The maximum atomic E-state index is 13.5. The quantitative estimate of drug-likeness (QED) is 0.895. The van der Waals surface area contributed by atoms with E-state index in [1.165, 1.54) is 31.7 Å². The molecule has 1 saturated heterocycles. The number of halogens is 2. The van der Waals surface area contributed by atoms with E-state index >= 15 is 0 Å². The van der Waals surface area contributed by atoms with Gasteiger partial charge in [-0.1, -0.05) is 23.7 Å². The van der Waals surface area contributed by atoms with Gasteiger partial charge in [0.15, 0.2) is 0 Å². The second-order valence-corrected chi connectivity index (χ2v) is 6.44. The third-order valence-corrected chi connectivity index (χ3v) is 4.84. The van der Waals surface area contributed by atoms with Crippen molar-refractivity contribution < 1.29 is 4.39 Å².